The Balaban J connectivity index is 1.52. The normalized spacial score (nSPS) is 13.3. The van der Waals surface area contributed by atoms with Crippen LogP contribution in [0.15, 0.2) is 42.5 Å². The number of benzene rings is 2. The molecule has 0 fully saturated rings. The fourth-order valence-corrected chi connectivity index (χ4v) is 4.40. The van der Waals surface area contributed by atoms with E-state index in [9.17, 15) is 18.0 Å². The Morgan fingerprint density at radius 1 is 1.12 bits per heavy atom. The van der Waals surface area contributed by atoms with E-state index >= 15 is 0 Å². The van der Waals surface area contributed by atoms with Crippen molar-refractivity contribution >= 4 is 28.4 Å². The van der Waals surface area contributed by atoms with Crippen LogP contribution in [-0.4, -0.2) is 21.1 Å². The van der Waals surface area contributed by atoms with Crippen molar-refractivity contribution in [1.29, 1.82) is 0 Å². The second kappa shape index (κ2) is 7.61. The highest BCUT2D eigenvalue weighted by Crippen LogP contribution is 2.39. The van der Waals surface area contributed by atoms with Crippen LogP contribution in [0.25, 0.3) is 22.3 Å². The molecule has 9 heteroatoms. The number of pyridine rings is 1. The van der Waals surface area contributed by atoms with Crippen molar-refractivity contribution < 1.29 is 18.0 Å². The van der Waals surface area contributed by atoms with Gasteiger partial charge in [0.2, 0.25) is 0 Å². The van der Waals surface area contributed by atoms with Gasteiger partial charge < -0.3 is 11.1 Å². The summed E-state index contributed by atoms with van der Waals surface area (Å²) in [6.45, 7) is 1.94. The molecule has 2 heterocycles. The lowest BCUT2D eigenvalue weighted by atomic mass is 9.97. The van der Waals surface area contributed by atoms with Crippen LogP contribution < -0.4 is 11.1 Å². The predicted octanol–water partition coefficient (Wildman–Crippen LogP) is 5.28. The number of hydrogen-bond acceptors (Lipinski definition) is 4. The minimum Gasteiger partial charge on any atom is -0.384 e. The van der Waals surface area contributed by atoms with Crippen molar-refractivity contribution in [2.75, 3.05) is 11.1 Å². The van der Waals surface area contributed by atoms with Crippen molar-refractivity contribution in [3.63, 3.8) is 0 Å². The van der Waals surface area contributed by atoms with Crippen molar-refractivity contribution in [2.45, 2.75) is 32.4 Å². The SMILES string of the molecule is Cc1ccc(NC(=O)c2cccc(C(F)(F)F)c2)cc1-c1nc2n[nH]c(N)c2c2c1CCC2. The summed E-state index contributed by atoms with van der Waals surface area (Å²) < 4.78 is 39.0. The maximum Gasteiger partial charge on any atom is 0.416 e. The standard InChI is InChI=1S/C24H20F3N5O/c1-12-8-9-15(29-23(33)13-4-2-5-14(10-13)24(25,26)27)11-18(12)20-17-7-3-6-16(17)19-21(28)31-32-22(19)30-20/h2,4-5,8-11H,3,6-7H2,1H3,(H,29,33)(H3,28,30,31,32). The van der Waals surface area contributed by atoms with E-state index in [1.807, 2.05) is 13.0 Å². The number of nitrogens with two attached hydrogens (primary N) is 1. The number of H-pyrrole nitrogens is 1. The van der Waals surface area contributed by atoms with Gasteiger partial charge in [-0.3, -0.25) is 9.89 Å². The van der Waals surface area contributed by atoms with E-state index in [2.05, 4.69) is 15.5 Å². The third-order valence-electron chi connectivity index (χ3n) is 6.00. The molecule has 0 atom stereocenters. The number of anilines is 2. The molecule has 4 aromatic rings. The Kier molecular flexibility index (Phi) is 4.84. The number of amides is 1. The summed E-state index contributed by atoms with van der Waals surface area (Å²) >= 11 is 0. The summed E-state index contributed by atoms with van der Waals surface area (Å²) in [5.74, 6) is -0.120. The Morgan fingerprint density at radius 2 is 1.91 bits per heavy atom. The zero-order valence-corrected chi connectivity index (χ0v) is 17.7. The third-order valence-corrected chi connectivity index (χ3v) is 6.00. The highest BCUT2D eigenvalue weighted by atomic mass is 19.4. The highest BCUT2D eigenvalue weighted by molar-refractivity contribution is 6.04. The van der Waals surface area contributed by atoms with E-state index < -0.39 is 17.6 Å². The lowest BCUT2D eigenvalue weighted by Crippen LogP contribution is -2.14. The van der Waals surface area contributed by atoms with Crippen LogP contribution in [0.5, 0.6) is 0 Å². The molecular weight excluding hydrogens is 431 g/mol. The molecule has 4 N–H and O–H groups in total. The number of nitrogens with one attached hydrogen (secondary N) is 2. The Morgan fingerprint density at radius 3 is 2.70 bits per heavy atom. The maximum atomic E-state index is 13.0. The zero-order valence-electron chi connectivity index (χ0n) is 17.7. The first-order valence-electron chi connectivity index (χ1n) is 10.5. The van der Waals surface area contributed by atoms with Crippen LogP contribution >= 0.6 is 0 Å². The molecule has 0 saturated carbocycles. The third kappa shape index (κ3) is 3.69. The molecule has 0 spiro atoms. The second-order valence-electron chi connectivity index (χ2n) is 8.17. The number of rotatable bonds is 3. The lowest BCUT2D eigenvalue weighted by molar-refractivity contribution is -0.137. The first kappa shape index (κ1) is 21.0. The number of aromatic nitrogens is 3. The van der Waals surface area contributed by atoms with Gasteiger partial charge in [-0.25, -0.2) is 4.98 Å². The molecule has 33 heavy (non-hydrogen) atoms. The molecule has 1 amide bonds. The minimum absolute atomic E-state index is 0.0700. The fraction of sp³-hybridized carbons (Fsp3) is 0.208. The van der Waals surface area contributed by atoms with Crippen LogP contribution in [0, 0.1) is 6.92 Å². The summed E-state index contributed by atoms with van der Waals surface area (Å²) in [5, 5.41) is 10.6. The van der Waals surface area contributed by atoms with Gasteiger partial charge in [0.1, 0.15) is 5.82 Å². The summed E-state index contributed by atoms with van der Waals surface area (Å²) in [6.07, 6.45) is -1.79. The topological polar surface area (TPSA) is 96.7 Å². The van der Waals surface area contributed by atoms with Crippen LogP contribution in [0.3, 0.4) is 0 Å². The second-order valence-corrected chi connectivity index (χ2v) is 8.17. The number of nitrogen functional groups attached to an aromatic ring is 1. The van der Waals surface area contributed by atoms with Gasteiger partial charge in [-0.05, 0) is 73.2 Å². The fourth-order valence-electron chi connectivity index (χ4n) is 4.40. The lowest BCUT2D eigenvalue weighted by Gasteiger charge is -2.14. The molecule has 0 bridgehead atoms. The van der Waals surface area contributed by atoms with Crippen LogP contribution in [0.2, 0.25) is 0 Å². The van der Waals surface area contributed by atoms with Gasteiger partial charge in [0.15, 0.2) is 5.65 Å². The highest BCUT2D eigenvalue weighted by Gasteiger charge is 2.31. The number of alkyl halides is 3. The molecule has 1 aliphatic rings. The number of nitrogens with zero attached hydrogens (tertiary/aromatic N) is 2. The van der Waals surface area contributed by atoms with Crippen LogP contribution in [0.1, 0.15) is 39.0 Å². The summed E-state index contributed by atoms with van der Waals surface area (Å²) in [7, 11) is 0. The maximum absolute atomic E-state index is 13.0. The number of halogens is 3. The largest absolute Gasteiger partial charge is 0.416 e. The molecule has 2 aromatic heterocycles. The van der Waals surface area contributed by atoms with Crippen molar-refractivity contribution in [2.24, 2.45) is 0 Å². The smallest absolute Gasteiger partial charge is 0.384 e. The average molecular weight is 451 g/mol. The number of fused-ring (bicyclic) bond motifs is 3. The first-order valence-corrected chi connectivity index (χ1v) is 10.5. The summed E-state index contributed by atoms with van der Waals surface area (Å²) in [4.78, 5) is 17.4. The minimum atomic E-state index is -4.52. The molecule has 6 nitrogen and oxygen atoms in total. The Bertz CT molecular complexity index is 1410. The predicted molar refractivity (Wildman–Crippen MR) is 120 cm³/mol. The van der Waals surface area contributed by atoms with E-state index in [1.165, 1.54) is 12.1 Å². The molecule has 168 valence electrons. The van der Waals surface area contributed by atoms with Gasteiger partial charge in [-0.2, -0.15) is 18.3 Å². The number of aryl methyl sites for hydroxylation is 2. The number of carbonyl (C=O) groups is 1. The molecule has 0 radical (unpaired) electrons. The van der Waals surface area contributed by atoms with Gasteiger partial charge in [-0.15, -0.1) is 0 Å². The van der Waals surface area contributed by atoms with Crippen molar-refractivity contribution in [3.8, 4) is 11.3 Å². The van der Waals surface area contributed by atoms with Gasteiger partial charge in [-0.1, -0.05) is 12.1 Å². The quantitative estimate of drug-likeness (QED) is 0.395. The average Bonchev–Trinajstić information content (AvgIpc) is 3.40. The summed E-state index contributed by atoms with van der Waals surface area (Å²) in [5.41, 5.74) is 11.0. The van der Waals surface area contributed by atoms with E-state index in [1.54, 1.807) is 12.1 Å². The van der Waals surface area contributed by atoms with E-state index in [0.717, 1.165) is 64.7 Å². The van der Waals surface area contributed by atoms with E-state index in [-0.39, 0.29) is 5.56 Å². The molecule has 0 unspecified atom stereocenters. The molecule has 0 saturated heterocycles. The number of aromatic amines is 1. The molecule has 0 aliphatic heterocycles. The molecule has 5 rings (SSSR count). The van der Waals surface area contributed by atoms with Crippen molar-refractivity contribution in [3.05, 3.63) is 70.3 Å². The van der Waals surface area contributed by atoms with Gasteiger partial charge in [0.05, 0.1) is 16.6 Å². The van der Waals surface area contributed by atoms with Crippen molar-refractivity contribution in [1.82, 2.24) is 15.2 Å². The van der Waals surface area contributed by atoms with E-state index in [4.69, 9.17) is 10.7 Å². The first-order chi connectivity index (χ1) is 15.7. The van der Waals surface area contributed by atoms with Gasteiger partial charge in [0, 0.05) is 16.8 Å². The van der Waals surface area contributed by atoms with Crippen LogP contribution in [0.4, 0.5) is 24.7 Å². The van der Waals surface area contributed by atoms with Gasteiger partial charge >= 0.3 is 6.18 Å². The Labute approximate surface area is 187 Å². The Hall–Kier alpha value is -3.88. The molecular formula is C24H20F3N5O. The van der Waals surface area contributed by atoms with Crippen LogP contribution in [-0.2, 0) is 19.0 Å². The summed E-state index contributed by atoms with van der Waals surface area (Å²) in [6, 6.07) is 9.71. The molecule has 1 aliphatic carbocycles. The number of hydrogen-bond donors (Lipinski definition) is 3. The monoisotopic (exact) mass is 451 g/mol. The van der Waals surface area contributed by atoms with E-state index in [0.29, 0.717) is 17.2 Å². The zero-order chi connectivity index (χ0) is 23.3. The number of carbonyl (C=O) groups excluding carboxylic acids is 1. The molecule has 2 aromatic carbocycles. The van der Waals surface area contributed by atoms with Gasteiger partial charge in [0.25, 0.3) is 5.91 Å².